The molecule has 0 aliphatic heterocycles. The van der Waals surface area contributed by atoms with Crippen LogP contribution in [0.5, 0.6) is 0 Å². The summed E-state index contributed by atoms with van der Waals surface area (Å²) in [4.78, 5) is 6.51. The van der Waals surface area contributed by atoms with Crippen LogP contribution in [-0.4, -0.2) is 17.0 Å². The molecule has 4 nitrogen and oxygen atoms in total. The third kappa shape index (κ3) is 1.98. The van der Waals surface area contributed by atoms with Gasteiger partial charge in [0, 0.05) is 7.05 Å². The standard InChI is InChI=1S/C6H6ClF3N4/c1-12-4-2(7)3(6(8,9)10)13-5(11)14-4/h1H3,(H3,11,12,13,14). The maximum Gasteiger partial charge on any atom is 0.435 e. The fraction of sp³-hybridized carbons (Fsp3) is 0.333. The zero-order chi connectivity index (χ0) is 10.9. The molecule has 14 heavy (non-hydrogen) atoms. The first-order valence-electron chi connectivity index (χ1n) is 3.44. The van der Waals surface area contributed by atoms with Crippen molar-refractivity contribution in [2.75, 3.05) is 18.1 Å². The van der Waals surface area contributed by atoms with Crippen molar-refractivity contribution < 1.29 is 13.2 Å². The van der Waals surface area contributed by atoms with E-state index in [9.17, 15) is 13.2 Å². The summed E-state index contributed by atoms with van der Waals surface area (Å²) >= 11 is 5.40. The van der Waals surface area contributed by atoms with Gasteiger partial charge in [0.1, 0.15) is 5.02 Å². The maximum atomic E-state index is 12.3. The molecule has 0 fully saturated rings. The van der Waals surface area contributed by atoms with Gasteiger partial charge in [-0.3, -0.25) is 0 Å². The molecule has 0 unspecified atom stereocenters. The molecule has 0 spiro atoms. The van der Waals surface area contributed by atoms with Crippen molar-refractivity contribution in [3.05, 3.63) is 10.7 Å². The number of anilines is 2. The Bertz CT molecular complexity index is 352. The van der Waals surface area contributed by atoms with E-state index in [1.54, 1.807) is 0 Å². The minimum absolute atomic E-state index is 0.147. The summed E-state index contributed by atoms with van der Waals surface area (Å²) < 4.78 is 36.9. The van der Waals surface area contributed by atoms with Gasteiger partial charge in [0.2, 0.25) is 5.95 Å². The van der Waals surface area contributed by atoms with Crippen LogP contribution in [0.3, 0.4) is 0 Å². The van der Waals surface area contributed by atoms with Crippen LogP contribution in [0.4, 0.5) is 24.9 Å². The van der Waals surface area contributed by atoms with Crippen LogP contribution in [-0.2, 0) is 6.18 Å². The first-order chi connectivity index (χ1) is 6.36. The molecular weight excluding hydrogens is 221 g/mol. The van der Waals surface area contributed by atoms with Crippen LogP contribution in [0, 0.1) is 0 Å². The molecule has 78 valence electrons. The largest absolute Gasteiger partial charge is 0.435 e. The second-order valence-electron chi connectivity index (χ2n) is 2.34. The molecule has 0 aliphatic rings. The Hall–Kier alpha value is -1.24. The third-order valence-electron chi connectivity index (χ3n) is 1.37. The Balaban J connectivity index is 3.37. The Morgan fingerprint density at radius 2 is 1.93 bits per heavy atom. The normalized spacial score (nSPS) is 11.5. The molecular formula is C6H6ClF3N4. The quantitative estimate of drug-likeness (QED) is 0.766. The second-order valence-corrected chi connectivity index (χ2v) is 2.72. The van der Waals surface area contributed by atoms with Crippen LogP contribution in [0.15, 0.2) is 0 Å². The van der Waals surface area contributed by atoms with Crippen molar-refractivity contribution in [2.45, 2.75) is 6.18 Å². The molecule has 1 aromatic heterocycles. The Morgan fingerprint density at radius 1 is 1.36 bits per heavy atom. The lowest BCUT2D eigenvalue weighted by atomic mass is 10.3. The zero-order valence-corrected chi connectivity index (χ0v) is 7.74. The topological polar surface area (TPSA) is 63.8 Å². The van der Waals surface area contributed by atoms with Gasteiger partial charge in [-0.1, -0.05) is 11.6 Å². The minimum atomic E-state index is -4.64. The molecule has 0 atom stereocenters. The number of hydrogen-bond donors (Lipinski definition) is 2. The fourth-order valence-corrected chi connectivity index (χ4v) is 1.10. The molecule has 0 aliphatic carbocycles. The molecule has 0 bridgehead atoms. The molecule has 1 aromatic rings. The van der Waals surface area contributed by atoms with Crippen LogP contribution >= 0.6 is 11.6 Å². The molecule has 0 saturated carbocycles. The van der Waals surface area contributed by atoms with E-state index in [1.165, 1.54) is 7.05 Å². The Kier molecular flexibility index (Phi) is 2.70. The molecule has 0 saturated heterocycles. The van der Waals surface area contributed by atoms with E-state index in [2.05, 4.69) is 15.3 Å². The summed E-state index contributed by atoms with van der Waals surface area (Å²) in [6.45, 7) is 0. The fourth-order valence-electron chi connectivity index (χ4n) is 0.818. The van der Waals surface area contributed by atoms with Gasteiger partial charge in [-0.2, -0.15) is 18.2 Å². The first-order valence-corrected chi connectivity index (χ1v) is 3.82. The van der Waals surface area contributed by atoms with E-state index < -0.39 is 22.8 Å². The Morgan fingerprint density at radius 3 is 2.36 bits per heavy atom. The van der Waals surface area contributed by atoms with Gasteiger partial charge >= 0.3 is 6.18 Å². The number of aromatic nitrogens is 2. The van der Waals surface area contributed by atoms with Crippen molar-refractivity contribution in [3.63, 3.8) is 0 Å². The highest BCUT2D eigenvalue weighted by molar-refractivity contribution is 6.33. The monoisotopic (exact) mass is 226 g/mol. The highest BCUT2D eigenvalue weighted by atomic mass is 35.5. The van der Waals surface area contributed by atoms with Crippen molar-refractivity contribution in [2.24, 2.45) is 0 Å². The third-order valence-corrected chi connectivity index (χ3v) is 1.73. The molecule has 0 radical (unpaired) electrons. The molecule has 0 amide bonds. The summed E-state index contributed by atoms with van der Waals surface area (Å²) in [6.07, 6.45) is -4.64. The van der Waals surface area contributed by atoms with Crippen LogP contribution in [0.1, 0.15) is 5.69 Å². The molecule has 3 N–H and O–H groups in total. The number of nitrogen functional groups attached to an aromatic ring is 1. The molecule has 8 heteroatoms. The van der Waals surface area contributed by atoms with Gasteiger partial charge in [-0.15, -0.1) is 0 Å². The van der Waals surface area contributed by atoms with Gasteiger partial charge in [-0.25, -0.2) is 4.98 Å². The van der Waals surface area contributed by atoms with E-state index in [0.717, 1.165) is 0 Å². The van der Waals surface area contributed by atoms with Crippen molar-refractivity contribution in [3.8, 4) is 0 Å². The van der Waals surface area contributed by atoms with Crippen LogP contribution in [0.25, 0.3) is 0 Å². The lowest BCUT2D eigenvalue weighted by Gasteiger charge is -2.10. The first kappa shape index (κ1) is 10.8. The lowest BCUT2D eigenvalue weighted by Crippen LogP contribution is -2.13. The van der Waals surface area contributed by atoms with E-state index >= 15 is 0 Å². The Labute approximate surface area is 82.3 Å². The van der Waals surface area contributed by atoms with Gasteiger partial charge in [0.25, 0.3) is 0 Å². The smallest absolute Gasteiger partial charge is 0.372 e. The summed E-state index contributed by atoms with van der Waals surface area (Å²) in [5.74, 6) is -0.627. The number of nitrogens with zero attached hydrogens (tertiary/aromatic N) is 2. The van der Waals surface area contributed by atoms with E-state index in [1.807, 2.05) is 0 Å². The number of nitrogens with two attached hydrogens (primary N) is 1. The number of halogens is 4. The summed E-state index contributed by atoms with van der Waals surface area (Å²) in [5, 5.41) is 1.80. The predicted molar refractivity (Wildman–Crippen MR) is 46.0 cm³/mol. The number of alkyl halides is 3. The average Bonchev–Trinajstić information content (AvgIpc) is 2.06. The van der Waals surface area contributed by atoms with E-state index in [0.29, 0.717) is 0 Å². The molecule has 1 rings (SSSR count). The van der Waals surface area contributed by atoms with Crippen LogP contribution in [0.2, 0.25) is 5.02 Å². The number of nitrogens with one attached hydrogen (secondary N) is 1. The number of rotatable bonds is 1. The zero-order valence-electron chi connectivity index (χ0n) is 6.98. The second kappa shape index (κ2) is 3.49. The van der Waals surface area contributed by atoms with Gasteiger partial charge in [-0.05, 0) is 0 Å². The SMILES string of the molecule is CNc1nc(N)nc(C(F)(F)F)c1Cl. The van der Waals surface area contributed by atoms with Crippen molar-refractivity contribution >= 4 is 23.4 Å². The summed E-state index contributed by atoms with van der Waals surface area (Å²) in [5.41, 5.74) is 3.84. The number of hydrogen-bond acceptors (Lipinski definition) is 4. The van der Waals surface area contributed by atoms with Gasteiger partial charge in [0.15, 0.2) is 11.5 Å². The average molecular weight is 227 g/mol. The highest BCUT2D eigenvalue weighted by Gasteiger charge is 2.37. The van der Waals surface area contributed by atoms with E-state index in [-0.39, 0.29) is 5.82 Å². The highest BCUT2D eigenvalue weighted by Crippen LogP contribution is 2.36. The van der Waals surface area contributed by atoms with E-state index in [4.69, 9.17) is 17.3 Å². The maximum absolute atomic E-state index is 12.3. The molecule has 0 aromatic carbocycles. The van der Waals surface area contributed by atoms with Crippen molar-refractivity contribution in [1.82, 2.24) is 9.97 Å². The van der Waals surface area contributed by atoms with Crippen molar-refractivity contribution in [1.29, 1.82) is 0 Å². The predicted octanol–water partition coefficient (Wildman–Crippen LogP) is 1.77. The molecule has 1 heterocycles. The van der Waals surface area contributed by atoms with Crippen LogP contribution < -0.4 is 11.1 Å². The van der Waals surface area contributed by atoms with Gasteiger partial charge < -0.3 is 11.1 Å². The lowest BCUT2D eigenvalue weighted by molar-refractivity contribution is -0.141. The summed E-state index contributed by atoms with van der Waals surface area (Å²) in [6, 6.07) is 0. The summed E-state index contributed by atoms with van der Waals surface area (Å²) in [7, 11) is 1.38. The van der Waals surface area contributed by atoms with Gasteiger partial charge in [0.05, 0.1) is 0 Å². The minimum Gasteiger partial charge on any atom is -0.372 e.